The van der Waals surface area contributed by atoms with E-state index in [1.807, 2.05) is 37.3 Å². The van der Waals surface area contributed by atoms with E-state index in [4.69, 9.17) is 4.74 Å². The van der Waals surface area contributed by atoms with Crippen molar-refractivity contribution in [2.45, 2.75) is 70.2 Å². The minimum Gasteiger partial charge on any atom is -0.489 e. The third-order valence-electron chi connectivity index (χ3n) is 6.87. The zero-order valence-corrected chi connectivity index (χ0v) is 22.0. The van der Waals surface area contributed by atoms with E-state index in [1.165, 1.54) is 0 Å². The van der Waals surface area contributed by atoms with Crippen LogP contribution in [0.3, 0.4) is 0 Å². The van der Waals surface area contributed by atoms with Gasteiger partial charge in [0, 0.05) is 27.7 Å². The standard InChI is InChI=1S/C29H30F3N3O5/c1-19-16-21(23-8-4-5-9-24(23)33-19)18-39-22-12-10-20(11-13-22)26(37)34-28(14-6-2-3-7-15-28)17-25(36)35-40-27(38)29(30,31)32/h4-5,8-13,16H,2-3,6-7,14-15,17-18H2,1H3,(H,34,37)(H,35,36). The van der Waals surface area contributed by atoms with Crippen molar-refractivity contribution in [1.29, 1.82) is 0 Å². The number of pyridine rings is 1. The summed E-state index contributed by atoms with van der Waals surface area (Å²) in [5, 5.41) is 3.93. The quantitative estimate of drug-likeness (QED) is 0.295. The largest absolute Gasteiger partial charge is 0.493 e. The predicted octanol–water partition coefficient (Wildman–Crippen LogP) is 5.47. The van der Waals surface area contributed by atoms with Crippen LogP contribution in [-0.2, 0) is 21.0 Å². The van der Waals surface area contributed by atoms with Crippen molar-refractivity contribution in [3.8, 4) is 5.75 Å². The summed E-state index contributed by atoms with van der Waals surface area (Å²) in [7, 11) is 0. The number of amides is 2. The maximum Gasteiger partial charge on any atom is 0.493 e. The lowest BCUT2D eigenvalue weighted by atomic mass is 9.86. The number of para-hydroxylation sites is 1. The van der Waals surface area contributed by atoms with E-state index >= 15 is 0 Å². The second kappa shape index (κ2) is 12.4. The van der Waals surface area contributed by atoms with Gasteiger partial charge in [0.1, 0.15) is 12.4 Å². The summed E-state index contributed by atoms with van der Waals surface area (Å²) in [4.78, 5) is 44.9. The molecule has 1 aromatic heterocycles. The van der Waals surface area contributed by atoms with Gasteiger partial charge in [0.25, 0.3) is 11.8 Å². The van der Waals surface area contributed by atoms with Gasteiger partial charge in [-0.15, -0.1) is 0 Å². The highest BCUT2D eigenvalue weighted by Crippen LogP contribution is 2.31. The second-order valence-corrected chi connectivity index (χ2v) is 9.99. The van der Waals surface area contributed by atoms with E-state index < -0.39 is 29.5 Å². The average molecular weight is 558 g/mol. The number of nitrogens with zero attached hydrogens (tertiary/aromatic N) is 1. The summed E-state index contributed by atoms with van der Waals surface area (Å²) in [5.41, 5.74) is 3.66. The zero-order chi connectivity index (χ0) is 28.8. The molecule has 1 heterocycles. The number of nitrogens with one attached hydrogen (secondary N) is 2. The van der Waals surface area contributed by atoms with Gasteiger partial charge < -0.3 is 14.9 Å². The average Bonchev–Trinajstić information content (AvgIpc) is 3.15. The Labute approximate surface area is 229 Å². The first-order valence-electron chi connectivity index (χ1n) is 13.0. The summed E-state index contributed by atoms with van der Waals surface area (Å²) in [6.45, 7) is 2.23. The molecular weight excluding hydrogens is 527 g/mol. The fraction of sp³-hybridized carbons (Fsp3) is 0.379. The summed E-state index contributed by atoms with van der Waals surface area (Å²) in [6.07, 6.45) is -1.38. The lowest BCUT2D eigenvalue weighted by molar-refractivity contribution is -0.207. The van der Waals surface area contributed by atoms with Crippen molar-refractivity contribution < 1.29 is 37.1 Å². The highest BCUT2D eigenvalue weighted by Gasteiger charge is 2.42. The number of aryl methyl sites for hydroxylation is 1. The molecule has 0 radical (unpaired) electrons. The molecule has 1 aliphatic carbocycles. The van der Waals surface area contributed by atoms with E-state index in [9.17, 15) is 27.6 Å². The van der Waals surface area contributed by atoms with Crippen LogP contribution in [0.15, 0.2) is 54.6 Å². The van der Waals surface area contributed by atoms with Crippen molar-refractivity contribution in [2.24, 2.45) is 0 Å². The number of carbonyl (C=O) groups is 3. The van der Waals surface area contributed by atoms with Crippen LogP contribution in [0.1, 0.15) is 66.6 Å². The van der Waals surface area contributed by atoms with Gasteiger partial charge in [0.05, 0.1) is 11.9 Å². The van der Waals surface area contributed by atoms with E-state index in [1.54, 1.807) is 29.7 Å². The Balaban J connectivity index is 1.40. The number of hydroxylamine groups is 1. The topological polar surface area (TPSA) is 107 Å². The number of hydrogen-bond donors (Lipinski definition) is 2. The predicted molar refractivity (Wildman–Crippen MR) is 140 cm³/mol. The van der Waals surface area contributed by atoms with Crippen molar-refractivity contribution in [2.75, 3.05) is 0 Å². The molecule has 3 aromatic rings. The van der Waals surface area contributed by atoms with Gasteiger partial charge >= 0.3 is 12.1 Å². The molecule has 1 fully saturated rings. The van der Waals surface area contributed by atoms with Crippen LogP contribution < -0.4 is 15.5 Å². The van der Waals surface area contributed by atoms with Gasteiger partial charge in [-0.2, -0.15) is 18.7 Å². The Kier molecular flexibility index (Phi) is 8.91. The first-order valence-corrected chi connectivity index (χ1v) is 13.0. The third kappa shape index (κ3) is 7.49. The van der Waals surface area contributed by atoms with Gasteiger partial charge in [-0.1, -0.05) is 43.9 Å². The van der Waals surface area contributed by atoms with Crippen LogP contribution in [-0.4, -0.2) is 34.5 Å². The number of halogens is 3. The SMILES string of the molecule is Cc1cc(COc2ccc(C(=O)NC3(CC(=O)NOC(=O)C(F)(F)F)CCCCCC3)cc2)c2ccccc2n1. The van der Waals surface area contributed by atoms with Crippen molar-refractivity contribution >= 4 is 28.7 Å². The number of benzene rings is 2. The minimum atomic E-state index is -5.23. The highest BCUT2D eigenvalue weighted by molar-refractivity contribution is 5.95. The molecule has 0 unspecified atom stereocenters. The maximum atomic E-state index is 13.2. The van der Waals surface area contributed by atoms with Crippen molar-refractivity contribution in [1.82, 2.24) is 15.8 Å². The van der Waals surface area contributed by atoms with Crippen LogP contribution in [0, 0.1) is 6.92 Å². The molecule has 2 aromatic carbocycles. The Morgan fingerprint density at radius 2 is 1.65 bits per heavy atom. The van der Waals surface area contributed by atoms with E-state index in [-0.39, 0.29) is 6.42 Å². The number of hydrogen-bond acceptors (Lipinski definition) is 6. The molecule has 2 amide bonds. The number of rotatable bonds is 7. The molecule has 0 aliphatic heterocycles. The number of fused-ring (bicyclic) bond motifs is 1. The van der Waals surface area contributed by atoms with Gasteiger partial charge in [0.2, 0.25) is 0 Å². The molecular formula is C29H30F3N3O5. The van der Waals surface area contributed by atoms with E-state index in [0.29, 0.717) is 30.8 Å². The summed E-state index contributed by atoms with van der Waals surface area (Å²) in [6, 6.07) is 16.3. The Bertz CT molecular complexity index is 1370. The van der Waals surface area contributed by atoms with Gasteiger partial charge in [-0.25, -0.2) is 4.79 Å². The fourth-order valence-electron chi connectivity index (χ4n) is 4.95. The van der Waals surface area contributed by atoms with Crippen LogP contribution in [0.5, 0.6) is 5.75 Å². The molecule has 4 rings (SSSR count). The normalized spacial score (nSPS) is 15.1. The van der Waals surface area contributed by atoms with Crippen molar-refractivity contribution in [3.05, 3.63) is 71.4 Å². The Morgan fingerprint density at radius 3 is 2.33 bits per heavy atom. The molecule has 8 nitrogen and oxygen atoms in total. The maximum absolute atomic E-state index is 13.2. The summed E-state index contributed by atoms with van der Waals surface area (Å²) < 4.78 is 43.1. The highest BCUT2D eigenvalue weighted by atomic mass is 19.4. The number of carbonyl (C=O) groups excluding carboxylic acids is 3. The molecule has 0 atom stereocenters. The van der Waals surface area contributed by atoms with Crippen molar-refractivity contribution in [3.63, 3.8) is 0 Å². The molecule has 1 saturated carbocycles. The van der Waals surface area contributed by atoms with Gasteiger partial charge in [0.15, 0.2) is 0 Å². The third-order valence-corrected chi connectivity index (χ3v) is 6.87. The second-order valence-electron chi connectivity index (χ2n) is 9.99. The molecule has 0 spiro atoms. The summed E-state index contributed by atoms with van der Waals surface area (Å²) in [5.74, 6) is -3.31. The lowest BCUT2D eigenvalue weighted by Crippen LogP contribution is -2.51. The Morgan fingerprint density at radius 1 is 0.975 bits per heavy atom. The number of ether oxygens (including phenoxy) is 1. The van der Waals surface area contributed by atoms with Crippen LogP contribution in [0.25, 0.3) is 10.9 Å². The van der Waals surface area contributed by atoms with E-state index in [2.05, 4.69) is 15.1 Å². The summed E-state index contributed by atoms with van der Waals surface area (Å²) >= 11 is 0. The lowest BCUT2D eigenvalue weighted by Gasteiger charge is -2.33. The molecule has 1 aliphatic rings. The number of aromatic nitrogens is 1. The van der Waals surface area contributed by atoms with Gasteiger partial charge in [-0.05, 0) is 56.2 Å². The van der Waals surface area contributed by atoms with Crippen LogP contribution in [0.4, 0.5) is 13.2 Å². The van der Waals surface area contributed by atoms with Crippen LogP contribution >= 0.6 is 0 Å². The number of alkyl halides is 3. The molecule has 2 N–H and O–H groups in total. The fourth-order valence-corrected chi connectivity index (χ4v) is 4.95. The van der Waals surface area contributed by atoms with E-state index in [0.717, 1.165) is 47.8 Å². The molecule has 0 bridgehead atoms. The molecule has 40 heavy (non-hydrogen) atoms. The zero-order valence-electron chi connectivity index (χ0n) is 22.0. The molecule has 0 saturated heterocycles. The first-order chi connectivity index (χ1) is 19.0. The molecule has 212 valence electrons. The van der Waals surface area contributed by atoms with Crippen LogP contribution in [0.2, 0.25) is 0 Å². The van der Waals surface area contributed by atoms with Gasteiger partial charge in [-0.3, -0.25) is 14.6 Å². The molecule has 11 heteroatoms. The monoisotopic (exact) mass is 557 g/mol. The first kappa shape index (κ1) is 28.8. The minimum absolute atomic E-state index is 0.312. The Hall–Kier alpha value is -4.15. The smallest absolute Gasteiger partial charge is 0.489 e.